The Morgan fingerprint density at radius 3 is 2.15 bits per heavy atom. The molecule has 1 atom stereocenters. The standard InChI is InChI=1S/C23H26BrCl2N2O5P/c1-23(15-16-6-8-17(24)9-7-16)21(29)28(20-13-18(25)12-19(26)14-20)22(30)27(23)10-4-2-3-5-11-34(31,32)33/h6-9,12-14H,2-5,10-11,15H2,1H3,(H2,31,32,33). The third-order valence-corrected chi connectivity index (χ3v) is 7.69. The number of urea groups is 1. The molecule has 1 aliphatic rings. The molecule has 1 saturated heterocycles. The fraction of sp³-hybridized carbons (Fsp3) is 0.391. The molecule has 0 aliphatic carbocycles. The zero-order valence-electron chi connectivity index (χ0n) is 18.6. The molecular weight excluding hydrogens is 566 g/mol. The number of unbranched alkanes of at least 4 members (excludes halogenated alkanes) is 3. The van der Waals surface area contributed by atoms with E-state index >= 15 is 0 Å². The number of anilines is 1. The van der Waals surface area contributed by atoms with Gasteiger partial charge >= 0.3 is 13.6 Å². The Morgan fingerprint density at radius 2 is 1.56 bits per heavy atom. The van der Waals surface area contributed by atoms with Crippen molar-refractivity contribution in [2.75, 3.05) is 17.6 Å². The van der Waals surface area contributed by atoms with Crippen LogP contribution in [0, 0.1) is 0 Å². The lowest BCUT2D eigenvalue weighted by Gasteiger charge is -2.32. The highest BCUT2D eigenvalue weighted by Gasteiger charge is 2.54. The van der Waals surface area contributed by atoms with Crippen molar-refractivity contribution in [3.63, 3.8) is 0 Å². The van der Waals surface area contributed by atoms with Crippen LogP contribution in [0.4, 0.5) is 10.5 Å². The van der Waals surface area contributed by atoms with E-state index in [1.165, 1.54) is 18.2 Å². The summed E-state index contributed by atoms with van der Waals surface area (Å²) in [5.41, 5.74) is 0.106. The summed E-state index contributed by atoms with van der Waals surface area (Å²) in [6.45, 7) is 2.09. The van der Waals surface area contributed by atoms with Gasteiger partial charge in [0, 0.05) is 33.6 Å². The number of hydrogen-bond acceptors (Lipinski definition) is 3. The van der Waals surface area contributed by atoms with Crippen LogP contribution in [0.5, 0.6) is 0 Å². The first-order chi connectivity index (χ1) is 15.9. The highest BCUT2D eigenvalue weighted by Crippen LogP contribution is 2.38. The van der Waals surface area contributed by atoms with Gasteiger partial charge in [-0.15, -0.1) is 0 Å². The predicted octanol–water partition coefficient (Wildman–Crippen LogP) is 6.26. The zero-order chi connectivity index (χ0) is 25.1. The second kappa shape index (κ2) is 11.1. The van der Waals surface area contributed by atoms with Gasteiger partial charge in [0.2, 0.25) is 0 Å². The highest BCUT2D eigenvalue weighted by atomic mass is 79.9. The molecule has 184 valence electrons. The van der Waals surface area contributed by atoms with E-state index in [4.69, 9.17) is 33.0 Å². The molecule has 0 bridgehead atoms. The monoisotopic (exact) mass is 590 g/mol. The van der Waals surface area contributed by atoms with Crippen molar-refractivity contribution in [1.82, 2.24) is 4.90 Å². The summed E-state index contributed by atoms with van der Waals surface area (Å²) in [4.78, 5) is 47.9. The average Bonchev–Trinajstić information content (AvgIpc) is 2.90. The fourth-order valence-electron chi connectivity index (χ4n) is 4.13. The SMILES string of the molecule is CC1(Cc2ccc(Br)cc2)C(=O)N(c2cc(Cl)cc(Cl)c2)C(=O)N1CCCCCCP(=O)(O)O. The summed E-state index contributed by atoms with van der Waals surface area (Å²) < 4.78 is 11.9. The number of imide groups is 1. The zero-order valence-corrected chi connectivity index (χ0v) is 22.6. The summed E-state index contributed by atoms with van der Waals surface area (Å²) in [5, 5.41) is 0.641. The van der Waals surface area contributed by atoms with Crippen molar-refractivity contribution in [1.29, 1.82) is 0 Å². The van der Waals surface area contributed by atoms with E-state index in [1.807, 2.05) is 24.3 Å². The van der Waals surface area contributed by atoms with Gasteiger partial charge in [-0.25, -0.2) is 9.69 Å². The van der Waals surface area contributed by atoms with E-state index in [-0.39, 0.29) is 12.1 Å². The molecule has 2 aromatic rings. The normalized spacial score (nSPS) is 18.8. The molecular formula is C23H26BrCl2N2O5P. The van der Waals surface area contributed by atoms with Crippen LogP contribution < -0.4 is 4.90 Å². The van der Waals surface area contributed by atoms with E-state index in [9.17, 15) is 14.2 Å². The minimum atomic E-state index is -4.01. The molecule has 3 rings (SSSR count). The Bertz CT molecular complexity index is 1090. The highest BCUT2D eigenvalue weighted by molar-refractivity contribution is 9.10. The van der Waals surface area contributed by atoms with Gasteiger partial charge in [0.25, 0.3) is 5.91 Å². The van der Waals surface area contributed by atoms with Crippen molar-refractivity contribution in [2.24, 2.45) is 0 Å². The molecule has 3 amide bonds. The summed E-state index contributed by atoms with van der Waals surface area (Å²) in [6.07, 6.45) is 2.47. The molecule has 1 unspecified atom stereocenters. The Morgan fingerprint density at radius 1 is 0.971 bits per heavy atom. The topological polar surface area (TPSA) is 98.2 Å². The number of carbonyl (C=O) groups is 2. The van der Waals surface area contributed by atoms with E-state index in [0.29, 0.717) is 54.4 Å². The minimum absolute atomic E-state index is 0.154. The number of rotatable bonds is 10. The average molecular weight is 592 g/mol. The summed E-state index contributed by atoms with van der Waals surface area (Å²) in [6, 6.07) is 11.8. The molecule has 0 spiro atoms. The second-order valence-corrected chi connectivity index (χ2v) is 12.1. The maximum absolute atomic E-state index is 13.7. The minimum Gasteiger partial charge on any atom is -0.324 e. The Labute approximate surface area is 217 Å². The number of hydrogen-bond donors (Lipinski definition) is 2. The molecule has 0 saturated carbocycles. The van der Waals surface area contributed by atoms with Crippen LogP contribution in [0.2, 0.25) is 10.0 Å². The number of amides is 3. The van der Waals surface area contributed by atoms with Crippen LogP contribution in [-0.4, -0.2) is 44.9 Å². The van der Waals surface area contributed by atoms with E-state index in [2.05, 4.69) is 15.9 Å². The van der Waals surface area contributed by atoms with Crippen molar-refractivity contribution in [3.8, 4) is 0 Å². The Hall–Kier alpha value is -1.41. The Balaban J connectivity index is 1.83. The summed E-state index contributed by atoms with van der Waals surface area (Å²) in [7, 11) is -4.01. The smallest absolute Gasteiger partial charge is 0.324 e. The molecule has 2 N–H and O–H groups in total. The van der Waals surface area contributed by atoms with Crippen molar-refractivity contribution >= 4 is 64.4 Å². The molecule has 0 radical (unpaired) electrons. The van der Waals surface area contributed by atoms with Gasteiger partial charge < -0.3 is 14.7 Å². The van der Waals surface area contributed by atoms with E-state index in [0.717, 1.165) is 14.9 Å². The van der Waals surface area contributed by atoms with Gasteiger partial charge in [-0.05, 0) is 55.7 Å². The lowest BCUT2D eigenvalue weighted by atomic mass is 9.91. The molecule has 1 aliphatic heterocycles. The third kappa shape index (κ3) is 6.62. The molecule has 11 heteroatoms. The lowest BCUT2D eigenvalue weighted by Crippen LogP contribution is -2.49. The molecule has 7 nitrogen and oxygen atoms in total. The quantitative estimate of drug-likeness (QED) is 0.193. The number of halogens is 3. The molecule has 0 aromatic heterocycles. The van der Waals surface area contributed by atoms with Gasteiger partial charge in [-0.2, -0.15) is 0 Å². The first-order valence-electron chi connectivity index (χ1n) is 10.8. The molecule has 1 heterocycles. The fourth-order valence-corrected chi connectivity index (χ4v) is 5.54. The van der Waals surface area contributed by atoms with Crippen LogP contribution in [0.1, 0.15) is 38.2 Å². The third-order valence-electron chi connectivity index (χ3n) is 5.83. The maximum Gasteiger partial charge on any atom is 0.332 e. The Kier molecular flexibility index (Phi) is 8.88. The first kappa shape index (κ1) is 27.2. The van der Waals surface area contributed by atoms with Gasteiger partial charge in [-0.1, -0.05) is 64.1 Å². The second-order valence-electron chi connectivity index (χ2n) is 8.58. The van der Waals surface area contributed by atoms with Gasteiger partial charge in [0.15, 0.2) is 0 Å². The van der Waals surface area contributed by atoms with Crippen molar-refractivity contribution < 1.29 is 23.9 Å². The van der Waals surface area contributed by atoms with Gasteiger partial charge in [-0.3, -0.25) is 9.36 Å². The van der Waals surface area contributed by atoms with E-state index in [1.54, 1.807) is 11.8 Å². The lowest BCUT2D eigenvalue weighted by molar-refractivity contribution is -0.124. The van der Waals surface area contributed by atoms with Crippen molar-refractivity contribution in [3.05, 3.63) is 62.5 Å². The van der Waals surface area contributed by atoms with Crippen LogP contribution in [-0.2, 0) is 15.8 Å². The predicted molar refractivity (Wildman–Crippen MR) is 138 cm³/mol. The van der Waals surface area contributed by atoms with Crippen LogP contribution in [0.3, 0.4) is 0 Å². The number of benzene rings is 2. The first-order valence-corrected chi connectivity index (χ1v) is 14.2. The van der Waals surface area contributed by atoms with Gasteiger partial charge in [0.1, 0.15) is 5.54 Å². The summed E-state index contributed by atoms with van der Waals surface area (Å²) >= 11 is 15.7. The van der Waals surface area contributed by atoms with Crippen molar-refractivity contribution in [2.45, 2.75) is 44.6 Å². The van der Waals surface area contributed by atoms with Crippen LogP contribution in [0.15, 0.2) is 46.9 Å². The molecule has 34 heavy (non-hydrogen) atoms. The van der Waals surface area contributed by atoms with Gasteiger partial charge in [0.05, 0.1) is 5.69 Å². The molecule has 2 aromatic carbocycles. The summed E-state index contributed by atoms with van der Waals surface area (Å²) in [5.74, 6) is -0.361. The van der Waals surface area contributed by atoms with E-state index < -0.39 is 19.2 Å². The number of nitrogens with zero attached hydrogens (tertiary/aromatic N) is 2. The molecule has 1 fully saturated rings. The maximum atomic E-state index is 13.7. The van der Waals surface area contributed by atoms with Crippen LogP contribution in [0.25, 0.3) is 0 Å². The number of carbonyl (C=O) groups excluding carboxylic acids is 2. The largest absolute Gasteiger partial charge is 0.332 e. The van der Waals surface area contributed by atoms with Crippen LogP contribution >= 0.6 is 46.7 Å².